The summed E-state index contributed by atoms with van der Waals surface area (Å²) >= 11 is 0. The van der Waals surface area contributed by atoms with Crippen molar-refractivity contribution >= 4 is 11.6 Å². The van der Waals surface area contributed by atoms with Crippen LogP contribution in [0.3, 0.4) is 0 Å². The van der Waals surface area contributed by atoms with Crippen LogP contribution in [0.4, 0.5) is 5.69 Å². The fourth-order valence-electron chi connectivity index (χ4n) is 2.93. The monoisotopic (exact) mass is 304 g/mol. The Morgan fingerprint density at radius 2 is 2.27 bits per heavy atom. The molecule has 0 bridgehead atoms. The molecule has 3 N–H and O–H groups in total. The molecule has 1 aromatic rings. The zero-order valence-electron chi connectivity index (χ0n) is 13.7. The minimum absolute atomic E-state index is 0.0283. The number of hydrogen-bond donors (Lipinski definition) is 2. The summed E-state index contributed by atoms with van der Waals surface area (Å²) in [4.78, 5) is 18.7. The molecule has 1 saturated heterocycles. The van der Waals surface area contributed by atoms with E-state index >= 15 is 0 Å². The average molecular weight is 304 g/mol. The van der Waals surface area contributed by atoms with Crippen molar-refractivity contribution in [2.24, 2.45) is 11.7 Å². The molecule has 5 heteroatoms. The molecule has 1 aliphatic rings. The maximum atomic E-state index is 11.8. The Balaban J connectivity index is 2.10. The SMILES string of the molecule is CC(C)C(=O)Nc1cncc(C2CCCCN2CCCN)c1. The second-order valence-corrected chi connectivity index (χ2v) is 6.34. The van der Waals surface area contributed by atoms with Gasteiger partial charge in [0.1, 0.15) is 0 Å². The molecule has 1 aliphatic heterocycles. The largest absolute Gasteiger partial charge is 0.330 e. The van der Waals surface area contributed by atoms with Crippen molar-refractivity contribution in [1.82, 2.24) is 9.88 Å². The molecule has 0 saturated carbocycles. The number of piperidine rings is 1. The molecule has 0 spiro atoms. The van der Waals surface area contributed by atoms with E-state index in [0.717, 1.165) is 38.2 Å². The van der Waals surface area contributed by atoms with Gasteiger partial charge in [-0.1, -0.05) is 20.3 Å². The quantitative estimate of drug-likeness (QED) is 0.847. The highest BCUT2D eigenvalue weighted by molar-refractivity contribution is 5.91. The summed E-state index contributed by atoms with van der Waals surface area (Å²) in [7, 11) is 0. The number of nitrogens with zero attached hydrogens (tertiary/aromatic N) is 2. The lowest BCUT2D eigenvalue weighted by molar-refractivity contribution is -0.118. The van der Waals surface area contributed by atoms with Gasteiger partial charge in [-0.25, -0.2) is 0 Å². The first-order valence-electron chi connectivity index (χ1n) is 8.31. The third-order valence-corrected chi connectivity index (χ3v) is 4.20. The number of carbonyl (C=O) groups is 1. The van der Waals surface area contributed by atoms with Crippen LogP contribution in [0.5, 0.6) is 0 Å². The van der Waals surface area contributed by atoms with Crippen molar-refractivity contribution in [3.05, 3.63) is 24.0 Å². The number of likely N-dealkylation sites (tertiary alicyclic amines) is 1. The molecule has 1 fully saturated rings. The van der Waals surface area contributed by atoms with E-state index in [1.54, 1.807) is 6.20 Å². The fraction of sp³-hybridized carbons (Fsp3) is 0.647. The predicted molar refractivity (Wildman–Crippen MR) is 89.5 cm³/mol. The van der Waals surface area contributed by atoms with Crippen LogP contribution in [-0.2, 0) is 4.79 Å². The van der Waals surface area contributed by atoms with Gasteiger partial charge in [0.15, 0.2) is 0 Å². The van der Waals surface area contributed by atoms with Crippen LogP contribution in [0.2, 0.25) is 0 Å². The third kappa shape index (κ3) is 4.52. The van der Waals surface area contributed by atoms with Gasteiger partial charge in [-0.2, -0.15) is 0 Å². The van der Waals surface area contributed by atoms with E-state index in [9.17, 15) is 4.79 Å². The van der Waals surface area contributed by atoms with E-state index in [-0.39, 0.29) is 11.8 Å². The maximum Gasteiger partial charge on any atom is 0.226 e. The molecule has 0 aromatic carbocycles. The zero-order valence-corrected chi connectivity index (χ0v) is 13.7. The maximum absolute atomic E-state index is 11.8. The summed E-state index contributed by atoms with van der Waals surface area (Å²) in [5, 5.41) is 2.94. The molecule has 1 unspecified atom stereocenters. The number of nitrogens with one attached hydrogen (secondary N) is 1. The van der Waals surface area contributed by atoms with E-state index in [0.29, 0.717) is 6.04 Å². The average Bonchev–Trinajstić information content (AvgIpc) is 2.53. The lowest BCUT2D eigenvalue weighted by Crippen LogP contribution is -2.35. The molecule has 1 aromatic heterocycles. The number of pyridine rings is 1. The normalized spacial score (nSPS) is 19.4. The van der Waals surface area contributed by atoms with Crippen LogP contribution in [0.1, 0.15) is 51.1 Å². The van der Waals surface area contributed by atoms with Crippen molar-refractivity contribution in [3.63, 3.8) is 0 Å². The Morgan fingerprint density at radius 1 is 1.45 bits per heavy atom. The number of amides is 1. The van der Waals surface area contributed by atoms with E-state index in [4.69, 9.17) is 5.73 Å². The van der Waals surface area contributed by atoms with Gasteiger partial charge >= 0.3 is 0 Å². The standard InChI is InChI=1S/C17H28N4O/c1-13(2)17(22)20-15-10-14(11-19-12-15)16-6-3-4-8-21(16)9-5-7-18/h10-13,16H,3-9,18H2,1-2H3,(H,20,22). The van der Waals surface area contributed by atoms with Gasteiger partial charge in [-0.3, -0.25) is 14.7 Å². The Hall–Kier alpha value is -1.46. The summed E-state index contributed by atoms with van der Waals surface area (Å²) < 4.78 is 0. The summed E-state index contributed by atoms with van der Waals surface area (Å²) in [6.07, 6.45) is 8.31. The molecule has 2 rings (SSSR count). The highest BCUT2D eigenvalue weighted by atomic mass is 16.1. The van der Waals surface area contributed by atoms with Gasteiger partial charge in [0.2, 0.25) is 5.91 Å². The van der Waals surface area contributed by atoms with Crippen LogP contribution in [0.15, 0.2) is 18.5 Å². The molecule has 0 radical (unpaired) electrons. The van der Waals surface area contributed by atoms with E-state index in [1.807, 2.05) is 20.0 Å². The number of nitrogens with two attached hydrogens (primary N) is 1. The van der Waals surface area contributed by atoms with Crippen LogP contribution in [0, 0.1) is 5.92 Å². The van der Waals surface area contributed by atoms with Crippen LogP contribution < -0.4 is 11.1 Å². The van der Waals surface area contributed by atoms with Crippen molar-refractivity contribution in [3.8, 4) is 0 Å². The Bertz CT molecular complexity index is 489. The molecule has 5 nitrogen and oxygen atoms in total. The summed E-state index contributed by atoms with van der Waals surface area (Å²) in [5.41, 5.74) is 7.64. The molecule has 1 atom stereocenters. The fourth-order valence-corrected chi connectivity index (χ4v) is 2.93. The lowest BCUT2D eigenvalue weighted by Gasteiger charge is -2.36. The highest BCUT2D eigenvalue weighted by Gasteiger charge is 2.24. The summed E-state index contributed by atoms with van der Waals surface area (Å²) in [6, 6.07) is 2.46. The smallest absolute Gasteiger partial charge is 0.226 e. The molecular formula is C17H28N4O. The molecule has 122 valence electrons. The van der Waals surface area contributed by atoms with Crippen LogP contribution in [-0.4, -0.2) is 35.4 Å². The number of anilines is 1. The number of rotatable bonds is 6. The first-order chi connectivity index (χ1) is 10.6. The molecule has 2 heterocycles. The zero-order chi connectivity index (χ0) is 15.9. The van der Waals surface area contributed by atoms with Gasteiger partial charge in [0.05, 0.1) is 11.9 Å². The predicted octanol–water partition coefficient (Wildman–Crippen LogP) is 2.55. The van der Waals surface area contributed by atoms with Crippen molar-refractivity contribution in [2.75, 3.05) is 25.0 Å². The van der Waals surface area contributed by atoms with Gasteiger partial charge < -0.3 is 11.1 Å². The lowest BCUT2D eigenvalue weighted by atomic mass is 9.96. The number of carbonyl (C=O) groups excluding carboxylic acids is 1. The van der Waals surface area contributed by atoms with Crippen LogP contribution in [0.25, 0.3) is 0 Å². The second kappa shape index (κ2) is 8.25. The van der Waals surface area contributed by atoms with Gasteiger partial charge in [-0.05, 0) is 50.5 Å². The Morgan fingerprint density at radius 3 is 3.00 bits per heavy atom. The van der Waals surface area contributed by atoms with E-state index in [2.05, 4.69) is 21.3 Å². The Kier molecular flexibility index (Phi) is 6.34. The van der Waals surface area contributed by atoms with Gasteiger partial charge in [0.25, 0.3) is 0 Å². The molecule has 0 aliphatic carbocycles. The van der Waals surface area contributed by atoms with E-state index in [1.165, 1.54) is 18.4 Å². The van der Waals surface area contributed by atoms with Crippen molar-refractivity contribution in [1.29, 1.82) is 0 Å². The Labute approximate surface area is 133 Å². The number of aromatic nitrogens is 1. The van der Waals surface area contributed by atoms with Gasteiger partial charge in [0, 0.05) is 18.2 Å². The summed E-state index contributed by atoms with van der Waals surface area (Å²) in [5.74, 6) is 0.00183. The van der Waals surface area contributed by atoms with E-state index < -0.39 is 0 Å². The van der Waals surface area contributed by atoms with Crippen molar-refractivity contribution in [2.45, 2.75) is 45.6 Å². The minimum Gasteiger partial charge on any atom is -0.330 e. The second-order valence-electron chi connectivity index (χ2n) is 6.34. The highest BCUT2D eigenvalue weighted by Crippen LogP contribution is 2.31. The first kappa shape index (κ1) is 16.9. The number of hydrogen-bond acceptors (Lipinski definition) is 4. The third-order valence-electron chi connectivity index (χ3n) is 4.20. The first-order valence-corrected chi connectivity index (χ1v) is 8.31. The summed E-state index contributed by atoms with van der Waals surface area (Å²) in [6.45, 7) is 6.66. The minimum atomic E-state index is -0.0283. The van der Waals surface area contributed by atoms with Gasteiger partial charge in [-0.15, -0.1) is 0 Å². The molecular weight excluding hydrogens is 276 g/mol. The topological polar surface area (TPSA) is 71.2 Å². The molecule has 1 amide bonds. The van der Waals surface area contributed by atoms with Crippen molar-refractivity contribution < 1.29 is 4.79 Å². The molecule has 22 heavy (non-hydrogen) atoms. The van der Waals surface area contributed by atoms with Crippen LogP contribution >= 0.6 is 0 Å².